The molecule has 2 unspecified atom stereocenters. The van der Waals surface area contributed by atoms with E-state index in [1.54, 1.807) is 45.1 Å². The molecule has 6 nitrogen and oxygen atoms in total. The van der Waals surface area contributed by atoms with E-state index in [0.717, 1.165) is 0 Å². The molecule has 2 atom stereocenters. The highest BCUT2D eigenvalue weighted by Gasteiger charge is 2.23. The number of esters is 1. The first-order chi connectivity index (χ1) is 9.73. The van der Waals surface area contributed by atoms with Crippen LogP contribution in [0.2, 0.25) is 0 Å². The van der Waals surface area contributed by atoms with Crippen LogP contribution in [0.25, 0.3) is 0 Å². The molecule has 0 amide bonds. The number of allylic oxidation sites excluding steroid dienone is 2. The van der Waals surface area contributed by atoms with Crippen LogP contribution in [0.5, 0.6) is 0 Å². The van der Waals surface area contributed by atoms with Gasteiger partial charge in [0.2, 0.25) is 0 Å². The van der Waals surface area contributed by atoms with Crippen LogP contribution in [0.15, 0.2) is 36.0 Å². The average molecular weight is 293 g/mol. The largest absolute Gasteiger partial charge is 0.479 e. The number of rotatable bonds is 5. The zero-order chi connectivity index (χ0) is 16.0. The van der Waals surface area contributed by atoms with E-state index in [1.165, 1.54) is 6.08 Å². The minimum absolute atomic E-state index is 0.472. The third kappa shape index (κ3) is 5.74. The lowest BCUT2D eigenvalue weighted by atomic mass is 10.0. The van der Waals surface area contributed by atoms with Crippen LogP contribution in [-0.2, 0) is 19.1 Å². The molecule has 0 aromatic rings. The van der Waals surface area contributed by atoms with Crippen LogP contribution >= 0.6 is 0 Å². The van der Waals surface area contributed by atoms with E-state index in [-0.39, 0.29) is 0 Å². The van der Waals surface area contributed by atoms with E-state index in [4.69, 9.17) is 20.0 Å². The fourth-order valence-electron chi connectivity index (χ4n) is 1.59. The number of carbonyl (C=O) groups excluding carboxylic acids is 1. The maximum absolute atomic E-state index is 11.8. The Morgan fingerprint density at radius 2 is 2.05 bits per heavy atom. The van der Waals surface area contributed by atoms with Crippen LogP contribution in [0.4, 0.5) is 0 Å². The lowest BCUT2D eigenvalue weighted by Gasteiger charge is -2.22. The number of nitrogens with one attached hydrogen (secondary N) is 1. The molecule has 1 aliphatic carbocycles. The van der Waals surface area contributed by atoms with Crippen LogP contribution < -0.4 is 0 Å². The predicted octanol–water partition coefficient (Wildman–Crippen LogP) is 1.87. The number of hydrogen-bond acceptors (Lipinski definition) is 5. The number of aliphatic carboxylic acids is 1. The Balaban J connectivity index is 2.86. The fourth-order valence-corrected chi connectivity index (χ4v) is 1.59. The highest BCUT2D eigenvalue weighted by molar-refractivity contribution is 5.90. The molecule has 114 valence electrons. The lowest BCUT2D eigenvalue weighted by Crippen LogP contribution is -2.31. The number of hydrogen-bond donors (Lipinski definition) is 2. The number of carboxylic acid groups (broad SMARTS) is 1. The molecule has 1 rings (SSSR count). The summed E-state index contributed by atoms with van der Waals surface area (Å²) in [5, 5.41) is 15.9. The van der Waals surface area contributed by atoms with E-state index >= 15 is 0 Å². The topological polar surface area (TPSA) is 96.7 Å². The smallest absolute Gasteiger partial charge is 0.338 e. The normalized spacial score (nSPS) is 21.1. The second-order valence-electron chi connectivity index (χ2n) is 5.40. The van der Waals surface area contributed by atoms with Crippen molar-refractivity contribution in [2.24, 2.45) is 0 Å². The van der Waals surface area contributed by atoms with Gasteiger partial charge in [-0.15, -0.1) is 0 Å². The molecule has 0 heterocycles. The summed E-state index contributed by atoms with van der Waals surface area (Å²) < 4.78 is 10.5. The summed E-state index contributed by atoms with van der Waals surface area (Å²) in [6.45, 7) is 5.26. The van der Waals surface area contributed by atoms with Crippen molar-refractivity contribution in [1.29, 1.82) is 5.41 Å². The molecular weight excluding hydrogens is 274 g/mol. The van der Waals surface area contributed by atoms with Crippen molar-refractivity contribution in [3.8, 4) is 0 Å². The maximum Gasteiger partial charge on any atom is 0.338 e. The van der Waals surface area contributed by atoms with Crippen molar-refractivity contribution in [3.05, 3.63) is 36.0 Å². The summed E-state index contributed by atoms with van der Waals surface area (Å²) >= 11 is 0. The molecule has 0 fully saturated rings. The monoisotopic (exact) mass is 293 g/mol. The molecule has 0 bridgehead atoms. The third-order valence-corrected chi connectivity index (χ3v) is 2.39. The van der Waals surface area contributed by atoms with Crippen molar-refractivity contribution < 1.29 is 24.2 Å². The summed E-state index contributed by atoms with van der Waals surface area (Å²) in [5.74, 6) is -1.79. The van der Waals surface area contributed by atoms with Crippen LogP contribution in [0, 0.1) is 5.41 Å². The van der Waals surface area contributed by atoms with Crippen LogP contribution in [0.1, 0.15) is 20.8 Å². The standard InChI is InChI=1S/C15H19NO5/c1-15(2,3)21-13(17)8-10-6-4-5-7-11(10)20-12(9-16)14(18)19/h4-9,11-12,16H,1-3H3,(H,18,19)/b10-8+,16-9?. The van der Waals surface area contributed by atoms with Gasteiger partial charge in [0.05, 0.1) is 0 Å². The van der Waals surface area contributed by atoms with Crippen molar-refractivity contribution in [2.45, 2.75) is 38.6 Å². The quantitative estimate of drug-likeness (QED) is 0.458. The van der Waals surface area contributed by atoms with Crippen molar-refractivity contribution in [3.63, 3.8) is 0 Å². The third-order valence-electron chi connectivity index (χ3n) is 2.39. The first-order valence-electron chi connectivity index (χ1n) is 6.41. The Bertz CT molecular complexity index is 511. The zero-order valence-electron chi connectivity index (χ0n) is 12.2. The van der Waals surface area contributed by atoms with Gasteiger partial charge in [-0.05, 0) is 26.3 Å². The number of ether oxygens (including phenoxy) is 2. The molecule has 0 saturated carbocycles. The molecule has 0 radical (unpaired) electrons. The Morgan fingerprint density at radius 3 is 2.57 bits per heavy atom. The summed E-state index contributed by atoms with van der Waals surface area (Å²) in [6.07, 6.45) is 6.50. The van der Waals surface area contributed by atoms with Crippen LogP contribution in [-0.4, -0.2) is 41.1 Å². The van der Waals surface area contributed by atoms with Gasteiger partial charge in [0.25, 0.3) is 0 Å². The van der Waals surface area contributed by atoms with Gasteiger partial charge in [0.1, 0.15) is 11.7 Å². The van der Waals surface area contributed by atoms with Crippen molar-refractivity contribution in [1.82, 2.24) is 0 Å². The molecule has 0 saturated heterocycles. The van der Waals surface area contributed by atoms with Gasteiger partial charge in [-0.2, -0.15) is 0 Å². The van der Waals surface area contributed by atoms with Gasteiger partial charge in [-0.1, -0.05) is 24.3 Å². The van der Waals surface area contributed by atoms with Gasteiger partial charge in [-0.3, -0.25) is 0 Å². The Kier molecular flexibility index (Phi) is 5.60. The fraction of sp³-hybridized carbons (Fsp3) is 0.400. The van der Waals surface area contributed by atoms with Crippen molar-refractivity contribution >= 4 is 18.2 Å². The number of carbonyl (C=O) groups is 2. The van der Waals surface area contributed by atoms with E-state index in [9.17, 15) is 9.59 Å². The summed E-state index contributed by atoms with van der Waals surface area (Å²) in [4.78, 5) is 22.7. The van der Waals surface area contributed by atoms with Crippen molar-refractivity contribution in [2.75, 3.05) is 0 Å². The maximum atomic E-state index is 11.8. The molecule has 2 N–H and O–H groups in total. The van der Waals surface area contributed by atoms with Gasteiger partial charge in [0, 0.05) is 12.3 Å². The summed E-state index contributed by atoms with van der Waals surface area (Å²) in [6, 6.07) is 0. The Labute approximate surface area is 123 Å². The molecule has 0 aliphatic heterocycles. The Morgan fingerprint density at radius 1 is 1.38 bits per heavy atom. The van der Waals surface area contributed by atoms with Crippen LogP contribution in [0.3, 0.4) is 0 Å². The first-order valence-corrected chi connectivity index (χ1v) is 6.41. The molecule has 0 aromatic heterocycles. The summed E-state index contributed by atoms with van der Waals surface area (Å²) in [5.41, 5.74) is -0.142. The van der Waals surface area contributed by atoms with E-state index in [1.807, 2.05) is 0 Å². The van der Waals surface area contributed by atoms with E-state index < -0.39 is 29.7 Å². The second-order valence-corrected chi connectivity index (χ2v) is 5.40. The predicted molar refractivity (Wildman–Crippen MR) is 77.3 cm³/mol. The second kappa shape index (κ2) is 6.99. The van der Waals surface area contributed by atoms with Gasteiger partial charge < -0.3 is 20.0 Å². The van der Waals surface area contributed by atoms with E-state index in [0.29, 0.717) is 11.8 Å². The highest BCUT2D eigenvalue weighted by atomic mass is 16.6. The molecule has 0 aromatic carbocycles. The first kappa shape index (κ1) is 16.8. The zero-order valence-corrected chi connectivity index (χ0v) is 12.2. The number of carboxylic acids is 1. The van der Waals surface area contributed by atoms with Gasteiger partial charge in [0.15, 0.2) is 6.10 Å². The molecule has 1 aliphatic rings. The molecular formula is C15H19NO5. The average Bonchev–Trinajstić information content (AvgIpc) is 2.34. The SMILES string of the molecule is CC(C)(C)OC(=O)/C=C1\C=CC=CC1OC(C=N)C(=O)O. The minimum atomic E-state index is -1.37. The molecule has 6 heteroatoms. The van der Waals surface area contributed by atoms with Gasteiger partial charge >= 0.3 is 11.9 Å². The Hall–Kier alpha value is -2.21. The van der Waals surface area contributed by atoms with Gasteiger partial charge in [-0.25, -0.2) is 9.59 Å². The highest BCUT2D eigenvalue weighted by Crippen LogP contribution is 2.18. The summed E-state index contributed by atoms with van der Waals surface area (Å²) in [7, 11) is 0. The molecule has 21 heavy (non-hydrogen) atoms. The molecule has 0 spiro atoms. The lowest BCUT2D eigenvalue weighted by molar-refractivity contribution is -0.148. The van der Waals surface area contributed by atoms with E-state index in [2.05, 4.69) is 0 Å². The minimum Gasteiger partial charge on any atom is -0.479 e.